The van der Waals surface area contributed by atoms with Crippen molar-refractivity contribution in [3.8, 4) is 11.8 Å². The third kappa shape index (κ3) is 5.43. The minimum Gasteiger partial charge on any atom is -0.488 e. The van der Waals surface area contributed by atoms with Crippen LogP contribution in [-0.2, 0) is 9.53 Å². The average Bonchev–Trinajstić information content (AvgIpc) is 3.03. The maximum Gasteiger partial charge on any atom is 0.311 e. The largest absolute Gasteiger partial charge is 0.488 e. The van der Waals surface area contributed by atoms with E-state index >= 15 is 0 Å². The molecule has 1 aliphatic heterocycles. The van der Waals surface area contributed by atoms with Gasteiger partial charge in [0.15, 0.2) is 5.76 Å². The molecule has 0 aromatic rings. The predicted molar refractivity (Wildman–Crippen MR) is 94.9 cm³/mol. The van der Waals surface area contributed by atoms with E-state index in [0.717, 1.165) is 19.3 Å². The fourth-order valence-corrected chi connectivity index (χ4v) is 3.70. The van der Waals surface area contributed by atoms with E-state index in [4.69, 9.17) is 9.84 Å². The van der Waals surface area contributed by atoms with Gasteiger partial charge in [-0.2, -0.15) is 8.78 Å². The Hall–Kier alpha value is -1.65. The van der Waals surface area contributed by atoms with Gasteiger partial charge in [0, 0.05) is 12.8 Å². The van der Waals surface area contributed by atoms with Crippen LogP contribution in [0.3, 0.4) is 0 Å². The third-order valence-electron chi connectivity index (χ3n) is 5.12. The van der Waals surface area contributed by atoms with Crippen molar-refractivity contribution < 1.29 is 33.6 Å². The number of allylic oxidation sites excluding steroid dienone is 2. The number of ether oxygens (including phenoxy) is 1. The monoisotopic (exact) mass is 386 g/mol. The summed E-state index contributed by atoms with van der Waals surface area (Å²) in [7, 11) is 0. The van der Waals surface area contributed by atoms with Crippen molar-refractivity contribution in [2.24, 2.45) is 11.8 Å². The zero-order valence-electron chi connectivity index (χ0n) is 15.5. The molecule has 0 aromatic carbocycles. The number of carboxylic acids is 1. The summed E-state index contributed by atoms with van der Waals surface area (Å²) in [6, 6.07) is 0. The molecule has 27 heavy (non-hydrogen) atoms. The lowest BCUT2D eigenvalue weighted by Crippen LogP contribution is -2.33. The number of aliphatic carboxylic acids is 1. The van der Waals surface area contributed by atoms with E-state index in [2.05, 4.69) is 11.8 Å². The van der Waals surface area contributed by atoms with Crippen LogP contribution in [-0.4, -0.2) is 45.5 Å². The van der Waals surface area contributed by atoms with Crippen LogP contribution in [0.5, 0.6) is 0 Å². The molecule has 0 unspecified atom stereocenters. The number of carbonyl (C=O) groups is 1. The molecule has 2 aliphatic rings. The number of hydrogen-bond donors (Lipinski definition) is 3. The van der Waals surface area contributed by atoms with Crippen LogP contribution in [0.15, 0.2) is 11.8 Å². The fraction of sp³-hybridized carbons (Fsp3) is 0.750. The van der Waals surface area contributed by atoms with E-state index in [1.807, 2.05) is 6.92 Å². The highest BCUT2D eigenvalue weighted by molar-refractivity contribution is 5.66. The first-order chi connectivity index (χ1) is 12.8. The van der Waals surface area contributed by atoms with Gasteiger partial charge in [0.2, 0.25) is 0 Å². The quantitative estimate of drug-likeness (QED) is 0.441. The topological polar surface area (TPSA) is 87.0 Å². The number of unbranched alkanes of at least 4 members (excludes halogenated alkanes) is 3. The van der Waals surface area contributed by atoms with Gasteiger partial charge in [0.25, 0.3) is 0 Å². The molecule has 2 rings (SSSR count). The van der Waals surface area contributed by atoms with Gasteiger partial charge < -0.3 is 20.1 Å². The summed E-state index contributed by atoms with van der Waals surface area (Å²) in [6.45, 7) is 2.04. The van der Waals surface area contributed by atoms with E-state index in [0.29, 0.717) is 6.42 Å². The maximum atomic E-state index is 14.8. The number of halogens is 2. The molecular weight excluding hydrogens is 358 g/mol. The van der Waals surface area contributed by atoms with Crippen molar-refractivity contribution in [3.05, 3.63) is 11.8 Å². The van der Waals surface area contributed by atoms with Crippen molar-refractivity contribution >= 4 is 5.97 Å². The second kappa shape index (κ2) is 9.52. The van der Waals surface area contributed by atoms with Gasteiger partial charge in [-0.05, 0) is 31.8 Å². The summed E-state index contributed by atoms with van der Waals surface area (Å²) >= 11 is 0. The molecule has 7 heteroatoms. The Morgan fingerprint density at radius 3 is 2.81 bits per heavy atom. The van der Waals surface area contributed by atoms with E-state index in [1.165, 1.54) is 6.08 Å². The molecular formula is C20H28F2O5. The van der Waals surface area contributed by atoms with Gasteiger partial charge in [-0.25, -0.2) is 0 Å². The highest BCUT2D eigenvalue weighted by Crippen LogP contribution is 2.53. The van der Waals surface area contributed by atoms with E-state index in [9.17, 15) is 23.8 Å². The lowest BCUT2D eigenvalue weighted by molar-refractivity contribution is -0.137. The summed E-state index contributed by atoms with van der Waals surface area (Å²) in [5.74, 6) is -1.62. The number of aliphatic hydroxyl groups is 2. The van der Waals surface area contributed by atoms with Crippen LogP contribution < -0.4 is 0 Å². The summed E-state index contributed by atoms with van der Waals surface area (Å²) < 4.78 is 35.0. The molecule has 5 atom stereocenters. The number of carboxylic acid groups (broad SMARTS) is 1. The van der Waals surface area contributed by atoms with Crippen molar-refractivity contribution in [2.75, 3.05) is 0 Å². The molecule has 0 aromatic heterocycles. The number of aliphatic hydroxyl groups excluding tert-OH is 2. The molecule has 0 amide bonds. The smallest absolute Gasteiger partial charge is 0.311 e. The van der Waals surface area contributed by atoms with Crippen LogP contribution in [0.25, 0.3) is 0 Å². The zero-order valence-corrected chi connectivity index (χ0v) is 15.5. The molecule has 0 bridgehead atoms. The second-order valence-corrected chi connectivity index (χ2v) is 7.29. The lowest BCUT2D eigenvalue weighted by Gasteiger charge is -2.21. The Morgan fingerprint density at radius 2 is 2.15 bits per heavy atom. The van der Waals surface area contributed by atoms with E-state index in [-0.39, 0.29) is 25.7 Å². The SMILES string of the molecule is CCCCC[C@H](O)C#C[C@H]1[C@@H]2[C@H](C[C@H]1O)OC(=CCCCC(=O)O)C2(F)F. The lowest BCUT2D eigenvalue weighted by atomic mass is 9.88. The summed E-state index contributed by atoms with van der Waals surface area (Å²) in [5, 5.41) is 28.6. The predicted octanol–water partition coefficient (Wildman–Crippen LogP) is 3.10. The fourth-order valence-electron chi connectivity index (χ4n) is 3.70. The minimum atomic E-state index is -3.27. The van der Waals surface area contributed by atoms with Gasteiger partial charge in [0.05, 0.1) is 17.9 Å². The van der Waals surface area contributed by atoms with Gasteiger partial charge in [-0.1, -0.05) is 31.6 Å². The first-order valence-electron chi connectivity index (χ1n) is 9.61. The molecule has 1 saturated heterocycles. The summed E-state index contributed by atoms with van der Waals surface area (Å²) in [4.78, 5) is 10.5. The minimum absolute atomic E-state index is 0.0675. The van der Waals surface area contributed by atoms with Crippen LogP contribution in [0, 0.1) is 23.7 Å². The highest BCUT2D eigenvalue weighted by atomic mass is 19.3. The number of alkyl halides is 2. The Balaban J connectivity index is 2.03. The summed E-state index contributed by atoms with van der Waals surface area (Å²) in [6.07, 6.45) is 2.22. The molecule has 1 heterocycles. The van der Waals surface area contributed by atoms with Crippen molar-refractivity contribution in [2.45, 2.75) is 82.5 Å². The third-order valence-corrected chi connectivity index (χ3v) is 5.12. The Kier molecular flexibility index (Phi) is 7.63. The number of rotatable bonds is 8. The van der Waals surface area contributed by atoms with E-state index < -0.39 is 47.8 Å². The Morgan fingerprint density at radius 1 is 1.41 bits per heavy atom. The zero-order chi connectivity index (χ0) is 20.0. The summed E-state index contributed by atoms with van der Waals surface area (Å²) in [5.41, 5.74) is 0. The average molecular weight is 386 g/mol. The normalized spacial score (nSPS) is 31.1. The van der Waals surface area contributed by atoms with Crippen molar-refractivity contribution in [1.82, 2.24) is 0 Å². The van der Waals surface area contributed by atoms with Crippen LogP contribution in [0.4, 0.5) is 8.78 Å². The van der Waals surface area contributed by atoms with Gasteiger partial charge in [-0.15, -0.1) is 0 Å². The number of hydrogen-bond acceptors (Lipinski definition) is 4. The molecule has 3 N–H and O–H groups in total. The maximum absolute atomic E-state index is 14.8. The molecule has 1 saturated carbocycles. The first-order valence-corrected chi connectivity index (χ1v) is 9.61. The standard InChI is InChI=1S/C20H28F2O5/c1-2-3-4-7-13(23)10-11-14-15(24)12-16-19(14)20(21,22)17(27-16)8-5-6-9-18(25)26/h8,13-16,19,23-24H,2-7,9,12H2,1H3,(H,25,26)/t13-,14+,15+,16-,19+/m0/s1. The van der Waals surface area contributed by atoms with Gasteiger partial charge in [0.1, 0.15) is 12.2 Å². The molecule has 0 spiro atoms. The molecule has 2 fully saturated rings. The Labute approximate surface area is 158 Å². The van der Waals surface area contributed by atoms with Gasteiger partial charge in [-0.3, -0.25) is 4.79 Å². The Bertz CT molecular complexity index is 607. The van der Waals surface area contributed by atoms with Crippen LogP contribution in [0.2, 0.25) is 0 Å². The molecule has 152 valence electrons. The van der Waals surface area contributed by atoms with Crippen molar-refractivity contribution in [1.29, 1.82) is 0 Å². The molecule has 1 aliphatic carbocycles. The van der Waals surface area contributed by atoms with Gasteiger partial charge >= 0.3 is 11.9 Å². The first kappa shape index (κ1) is 21.6. The van der Waals surface area contributed by atoms with E-state index in [1.54, 1.807) is 0 Å². The highest BCUT2D eigenvalue weighted by Gasteiger charge is 2.63. The molecule has 0 radical (unpaired) electrons. The van der Waals surface area contributed by atoms with Crippen LogP contribution >= 0.6 is 0 Å². The number of fused-ring (bicyclic) bond motifs is 1. The second-order valence-electron chi connectivity index (χ2n) is 7.29. The molecule has 5 nitrogen and oxygen atoms in total. The van der Waals surface area contributed by atoms with Crippen LogP contribution in [0.1, 0.15) is 58.3 Å². The van der Waals surface area contributed by atoms with Crippen molar-refractivity contribution in [3.63, 3.8) is 0 Å².